The summed E-state index contributed by atoms with van der Waals surface area (Å²) in [7, 11) is -3.46. The van der Waals surface area contributed by atoms with E-state index in [0.717, 1.165) is 31.4 Å². The molecular weight excluding hydrogens is 494 g/mol. The van der Waals surface area contributed by atoms with E-state index >= 15 is 0 Å². The van der Waals surface area contributed by atoms with Crippen LogP contribution in [0, 0.1) is 11.8 Å². The zero-order valence-electron chi connectivity index (χ0n) is 18.9. The molecule has 4 atom stereocenters. The predicted molar refractivity (Wildman–Crippen MR) is 124 cm³/mol. The van der Waals surface area contributed by atoms with Crippen molar-refractivity contribution in [2.24, 2.45) is 11.8 Å². The Morgan fingerprint density at radius 1 is 1.28 bits per heavy atom. The number of rotatable bonds is 12. The van der Waals surface area contributed by atoms with Gasteiger partial charge in [-0.2, -0.15) is 0 Å². The molecule has 1 saturated carbocycles. The van der Waals surface area contributed by atoms with E-state index in [1.54, 1.807) is 12.5 Å². The Kier molecular flexibility index (Phi) is 11.0. The molecule has 2 amide bonds. The van der Waals surface area contributed by atoms with E-state index < -0.39 is 30.1 Å². The molecule has 1 heterocycles. The summed E-state index contributed by atoms with van der Waals surface area (Å²) in [4.78, 5) is 42.4. The maximum atomic E-state index is 12.7. The number of H-pyrrole nitrogens is 1. The fourth-order valence-electron chi connectivity index (χ4n) is 4.05. The van der Waals surface area contributed by atoms with Gasteiger partial charge in [0.2, 0.25) is 0 Å². The van der Waals surface area contributed by atoms with Crippen molar-refractivity contribution in [3.8, 4) is 0 Å². The van der Waals surface area contributed by atoms with Gasteiger partial charge in [-0.25, -0.2) is 0 Å². The molecule has 9 nitrogen and oxygen atoms in total. The number of hydrogen-bond acceptors (Lipinski definition) is 5. The molecule has 1 aliphatic carbocycles. The minimum Gasteiger partial charge on any atom is -0.0533 e. The third kappa shape index (κ3) is 9.38. The molecular formula is C21H36AsN4O5P. The van der Waals surface area contributed by atoms with Crippen LogP contribution in [0.2, 0.25) is 4.71 Å². The van der Waals surface area contributed by atoms with E-state index in [2.05, 4.69) is 37.5 Å². The number of carbonyl (C=O) groups is 2. The average Bonchev–Trinajstić information content (AvgIpc) is 3.22. The molecule has 0 saturated heterocycles. The number of aliphatic hydroxyl groups is 1. The normalized spacial score (nSPS) is 19.7. The van der Waals surface area contributed by atoms with Gasteiger partial charge in [0, 0.05) is 0 Å². The second kappa shape index (κ2) is 12.9. The van der Waals surface area contributed by atoms with E-state index in [9.17, 15) is 24.2 Å². The zero-order valence-corrected chi connectivity index (χ0v) is 21.6. The summed E-state index contributed by atoms with van der Waals surface area (Å²) >= 11 is 2.30. The van der Waals surface area contributed by atoms with Crippen LogP contribution in [0.3, 0.4) is 0 Å². The van der Waals surface area contributed by atoms with Gasteiger partial charge in [0.15, 0.2) is 0 Å². The molecule has 2 radical (unpaired) electrons. The molecule has 0 aliphatic heterocycles. The topological polar surface area (TPSA) is 144 Å². The van der Waals surface area contributed by atoms with Gasteiger partial charge in [-0.05, 0) is 12.8 Å². The molecule has 2 rings (SSSR count). The van der Waals surface area contributed by atoms with Crippen LogP contribution in [-0.2, 0) is 20.6 Å². The number of hydrogen-bond donors (Lipinski definition) is 5. The molecule has 1 fully saturated rings. The van der Waals surface area contributed by atoms with Crippen LogP contribution in [0.1, 0.15) is 51.6 Å². The fraction of sp³-hybridized carbons (Fsp3) is 0.762. The number of aliphatic hydroxyl groups excluding tert-OH is 1. The number of nitrogens with zero attached hydrogens (tertiary/aromatic N) is 1. The third-order valence-electron chi connectivity index (χ3n) is 5.79. The molecule has 1 aromatic rings. The number of carbonyl (C=O) groups excluding carboxylic acids is 2. The van der Waals surface area contributed by atoms with E-state index in [1.807, 2.05) is 13.8 Å². The Hall–Kier alpha value is -1.14. The van der Waals surface area contributed by atoms with Crippen molar-refractivity contribution in [1.82, 2.24) is 20.6 Å². The molecule has 0 bridgehead atoms. The van der Waals surface area contributed by atoms with Gasteiger partial charge in [-0.15, -0.1) is 0 Å². The van der Waals surface area contributed by atoms with Crippen LogP contribution in [0.25, 0.3) is 0 Å². The standard InChI is InChI=1S/C21H36AsN4O5P/c1-14(2)19(26-20(28)18(22)8-16-9-23-13-25-16)21(29)24-10-17(27)12-32(30,31)11-15-6-4-3-5-7-15/h9,13-15,17-19,27H,3-8,10-12H2,1-2H3,(H,23,25)(H,24,29)(H,26,28)(H,30,31)/t17-,18-,19-/m0/s1. The average molecular weight is 530 g/mol. The summed E-state index contributed by atoms with van der Waals surface area (Å²) in [6, 6.07) is -0.772. The maximum absolute atomic E-state index is 12.7. The van der Waals surface area contributed by atoms with Gasteiger partial charge < -0.3 is 0 Å². The Morgan fingerprint density at radius 3 is 2.56 bits per heavy atom. The minimum absolute atomic E-state index is 0.132. The predicted octanol–water partition coefficient (Wildman–Crippen LogP) is 1.38. The van der Waals surface area contributed by atoms with Gasteiger partial charge in [-0.3, -0.25) is 0 Å². The van der Waals surface area contributed by atoms with Crippen LogP contribution >= 0.6 is 7.37 Å². The molecule has 32 heavy (non-hydrogen) atoms. The van der Waals surface area contributed by atoms with Crippen molar-refractivity contribution >= 4 is 36.0 Å². The van der Waals surface area contributed by atoms with E-state index in [1.165, 1.54) is 6.42 Å². The molecule has 1 aromatic heterocycles. The summed E-state index contributed by atoms with van der Waals surface area (Å²) in [6.45, 7) is 3.51. The van der Waals surface area contributed by atoms with Gasteiger partial charge in [0.25, 0.3) is 0 Å². The summed E-state index contributed by atoms with van der Waals surface area (Å²) in [5.74, 6) is -0.628. The first-order valence-corrected chi connectivity index (χ1v) is 14.4. The molecule has 0 aromatic carbocycles. The molecule has 5 N–H and O–H groups in total. The quantitative estimate of drug-likeness (QED) is 0.204. The Labute approximate surface area is 198 Å². The molecule has 180 valence electrons. The number of nitrogens with one attached hydrogen (secondary N) is 3. The first-order valence-electron chi connectivity index (χ1n) is 11.3. The van der Waals surface area contributed by atoms with Gasteiger partial charge in [0.05, 0.1) is 0 Å². The molecule has 1 aliphatic rings. The van der Waals surface area contributed by atoms with Crippen molar-refractivity contribution in [3.63, 3.8) is 0 Å². The third-order valence-corrected chi connectivity index (χ3v) is 8.75. The minimum atomic E-state index is -3.46. The van der Waals surface area contributed by atoms with Crippen molar-refractivity contribution in [3.05, 3.63) is 18.2 Å². The van der Waals surface area contributed by atoms with Gasteiger partial charge >= 0.3 is 167 Å². The SMILES string of the molecule is CC(C)[C@H](NC(=O)[C@@H]([As])Cc1cnc[nH]1)C(=O)NC[C@H](O)CP(=O)(O)CC1CCCCC1. The second-order valence-electron chi connectivity index (χ2n) is 9.14. The number of aromatic nitrogens is 2. The summed E-state index contributed by atoms with van der Waals surface area (Å²) in [5.41, 5.74) is 0.820. The van der Waals surface area contributed by atoms with Crippen molar-refractivity contribution < 1.29 is 24.2 Å². The van der Waals surface area contributed by atoms with Crippen LogP contribution in [0.4, 0.5) is 0 Å². The van der Waals surface area contributed by atoms with E-state index in [0.29, 0.717) is 6.42 Å². The van der Waals surface area contributed by atoms with Crippen LogP contribution in [-0.4, -0.2) is 79.6 Å². The van der Waals surface area contributed by atoms with Crippen molar-refractivity contribution in [1.29, 1.82) is 0 Å². The van der Waals surface area contributed by atoms with Crippen molar-refractivity contribution in [2.45, 2.75) is 69.2 Å². The number of aromatic amines is 1. The smallest absolute Gasteiger partial charge is 0.0533 e. The summed E-state index contributed by atoms with van der Waals surface area (Å²) in [6.07, 6.45) is 7.80. The van der Waals surface area contributed by atoms with Gasteiger partial charge in [-0.1, -0.05) is 19.3 Å². The van der Waals surface area contributed by atoms with Crippen molar-refractivity contribution in [2.75, 3.05) is 18.9 Å². The Bertz CT molecular complexity index is 770. The first kappa shape index (κ1) is 27.1. The second-order valence-corrected chi connectivity index (χ2v) is 12.9. The Balaban J connectivity index is 1.80. The van der Waals surface area contributed by atoms with Crippen LogP contribution in [0.5, 0.6) is 0 Å². The van der Waals surface area contributed by atoms with E-state index in [-0.39, 0.29) is 36.6 Å². The van der Waals surface area contributed by atoms with Crippen LogP contribution < -0.4 is 10.6 Å². The molecule has 1 unspecified atom stereocenters. The van der Waals surface area contributed by atoms with Crippen LogP contribution in [0.15, 0.2) is 12.5 Å². The first-order chi connectivity index (χ1) is 15.1. The number of imidazole rings is 1. The summed E-state index contributed by atoms with van der Waals surface area (Å²) in [5, 5.41) is 15.6. The number of amides is 2. The zero-order chi connectivity index (χ0) is 23.7. The molecule has 0 spiro atoms. The monoisotopic (exact) mass is 530 g/mol. The van der Waals surface area contributed by atoms with Gasteiger partial charge in [0.1, 0.15) is 0 Å². The fourth-order valence-corrected chi connectivity index (χ4v) is 6.73. The van der Waals surface area contributed by atoms with E-state index in [4.69, 9.17) is 0 Å². The Morgan fingerprint density at radius 2 is 1.97 bits per heavy atom. The molecule has 11 heteroatoms. The summed E-state index contributed by atoms with van der Waals surface area (Å²) < 4.78 is 12.1.